The summed E-state index contributed by atoms with van der Waals surface area (Å²) < 4.78 is 0. The molecule has 0 spiro atoms. The van der Waals surface area contributed by atoms with Crippen molar-refractivity contribution in [3.05, 3.63) is 47.7 Å². The van der Waals surface area contributed by atoms with E-state index in [0.29, 0.717) is 5.96 Å². The van der Waals surface area contributed by atoms with Crippen LogP contribution in [-0.2, 0) is 6.42 Å². The minimum Gasteiger partial charge on any atom is -0.333 e. The van der Waals surface area contributed by atoms with Crippen LogP contribution in [0.3, 0.4) is 0 Å². The number of nitrogens with zero attached hydrogens (tertiary/aromatic N) is 2. The van der Waals surface area contributed by atoms with Crippen LogP contribution in [0.15, 0.2) is 41.0 Å². The minimum absolute atomic E-state index is 0.199. The molecule has 1 aromatic rings. The number of rotatable bonds is 2. The van der Waals surface area contributed by atoms with Crippen LogP contribution in [0.2, 0.25) is 0 Å². The maximum Gasteiger partial charge on any atom is 0.201 e. The maximum atomic E-state index is 4.78. The van der Waals surface area contributed by atoms with Gasteiger partial charge in [0, 0.05) is 7.05 Å². The summed E-state index contributed by atoms with van der Waals surface area (Å²) in [5.74, 6) is 1.52. The van der Waals surface area contributed by atoms with Gasteiger partial charge in [0.15, 0.2) is 0 Å². The van der Waals surface area contributed by atoms with E-state index in [1.807, 2.05) is 6.92 Å². The molecular formula is C16H22N4. The third-order valence-corrected chi connectivity index (χ3v) is 3.51. The summed E-state index contributed by atoms with van der Waals surface area (Å²) in [6.07, 6.45) is 3.76. The third kappa shape index (κ3) is 3.26. The lowest BCUT2D eigenvalue weighted by atomic mass is 10.1. The summed E-state index contributed by atoms with van der Waals surface area (Å²) in [6.45, 7) is 7.72. The van der Waals surface area contributed by atoms with Crippen LogP contribution in [0.4, 0.5) is 0 Å². The summed E-state index contributed by atoms with van der Waals surface area (Å²) in [5, 5.41) is 6.20. The van der Waals surface area contributed by atoms with Crippen molar-refractivity contribution in [2.75, 3.05) is 7.05 Å². The van der Waals surface area contributed by atoms with Crippen molar-refractivity contribution in [2.24, 2.45) is 9.98 Å². The maximum absolute atomic E-state index is 4.78. The van der Waals surface area contributed by atoms with Gasteiger partial charge in [-0.3, -0.25) is 4.99 Å². The lowest BCUT2D eigenvalue weighted by Gasteiger charge is -2.13. The smallest absolute Gasteiger partial charge is 0.201 e. The van der Waals surface area contributed by atoms with E-state index in [2.05, 4.69) is 47.3 Å². The monoisotopic (exact) mass is 270 g/mol. The second-order valence-corrected chi connectivity index (χ2v) is 5.02. The molecular weight excluding hydrogens is 248 g/mol. The van der Waals surface area contributed by atoms with E-state index in [-0.39, 0.29) is 6.04 Å². The zero-order valence-corrected chi connectivity index (χ0v) is 12.4. The summed E-state index contributed by atoms with van der Waals surface area (Å²) in [6, 6.07) is 6.82. The molecule has 1 atom stereocenters. The van der Waals surface area contributed by atoms with Crippen molar-refractivity contribution in [3.8, 4) is 0 Å². The van der Waals surface area contributed by atoms with Crippen LogP contribution in [-0.4, -0.2) is 18.8 Å². The first-order chi connectivity index (χ1) is 9.63. The van der Waals surface area contributed by atoms with Gasteiger partial charge in [0.25, 0.3) is 0 Å². The van der Waals surface area contributed by atoms with E-state index in [0.717, 1.165) is 18.7 Å². The molecule has 0 aliphatic heterocycles. The van der Waals surface area contributed by atoms with Crippen LogP contribution in [0, 0.1) is 6.92 Å². The Morgan fingerprint density at radius 2 is 2.25 bits per heavy atom. The molecule has 0 bridgehead atoms. The van der Waals surface area contributed by atoms with Crippen molar-refractivity contribution < 1.29 is 0 Å². The quantitative estimate of drug-likeness (QED) is 0.641. The topological polar surface area (TPSA) is 48.8 Å². The van der Waals surface area contributed by atoms with Gasteiger partial charge in [-0.1, -0.05) is 30.3 Å². The molecule has 0 amide bonds. The molecule has 0 heterocycles. The van der Waals surface area contributed by atoms with E-state index in [1.54, 1.807) is 13.2 Å². The SMILES string of the molecule is C=CNC(=NC1CCc2ccc(C)cc21)NC(C)=NC. The molecule has 1 aliphatic carbocycles. The number of guanidine groups is 1. The standard InChI is InChI=1S/C16H22N4/c1-5-18-16(19-12(3)17-4)20-15-9-8-13-7-6-11(2)10-14(13)15/h5-7,10,15H,1,8-9H2,2-4H3,(H2,17,18,19,20). The van der Waals surface area contributed by atoms with Crippen molar-refractivity contribution in [2.45, 2.75) is 32.7 Å². The Balaban J connectivity index is 2.25. The molecule has 1 aromatic carbocycles. The highest BCUT2D eigenvalue weighted by Crippen LogP contribution is 2.34. The highest BCUT2D eigenvalue weighted by molar-refractivity contribution is 5.98. The van der Waals surface area contributed by atoms with Gasteiger partial charge in [-0.25, -0.2) is 4.99 Å². The number of nitrogens with one attached hydrogen (secondary N) is 2. The van der Waals surface area contributed by atoms with Gasteiger partial charge in [-0.15, -0.1) is 0 Å². The van der Waals surface area contributed by atoms with E-state index < -0.39 is 0 Å². The number of amidine groups is 1. The molecule has 20 heavy (non-hydrogen) atoms. The first kappa shape index (κ1) is 14.3. The lowest BCUT2D eigenvalue weighted by molar-refractivity contribution is 0.708. The molecule has 0 saturated carbocycles. The van der Waals surface area contributed by atoms with Gasteiger partial charge in [0.2, 0.25) is 5.96 Å². The van der Waals surface area contributed by atoms with Gasteiger partial charge >= 0.3 is 0 Å². The molecule has 4 heteroatoms. The Morgan fingerprint density at radius 1 is 1.45 bits per heavy atom. The fraction of sp³-hybridized carbons (Fsp3) is 0.375. The van der Waals surface area contributed by atoms with Gasteiger partial charge < -0.3 is 10.6 Å². The first-order valence-corrected chi connectivity index (χ1v) is 6.89. The summed E-state index contributed by atoms with van der Waals surface area (Å²) in [7, 11) is 1.75. The Morgan fingerprint density at radius 3 is 2.95 bits per heavy atom. The Labute approximate surface area is 120 Å². The van der Waals surface area contributed by atoms with E-state index in [9.17, 15) is 0 Å². The zero-order chi connectivity index (χ0) is 14.5. The van der Waals surface area contributed by atoms with Crippen LogP contribution in [0.25, 0.3) is 0 Å². The summed E-state index contributed by atoms with van der Waals surface area (Å²) in [4.78, 5) is 8.87. The van der Waals surface area contributed by atoms with Gasteiger partial charge in [-0.2, -0.15) is 0 Å². The molecule has 1 aliphatic rings. The van der Waals surface area contributed by atoms with Crippen LogP contribution in [0.5, 0.6) is 0 Å². The van der Waals surface area contributed by atoms with Crippen molar-refractivity contribution in [1.29, 1.82) is 0 Å². The molecule has 2 rings (SSSR count). The highest BCUT2D eigenvalue weighted by atomic mass is 15.2. The Hall–Kier alpha value is -2.10. The first-order valence-electron chi connectivity index (χ1n) is 6.89. The fourth-order valence-corrected chi connectivity index (χ4v) is 2.42. The van der Waals surface area contributed by atoms with E-state index >= 15 is 0 Å². The molecule has 0 saturated heterocycles. The number of hydrogen-bond donors (Lipinski definition) is 2. The molecule has 0 aromatic heterocycles. The normalized spacial score (nSPS) is 18.6. The second-order valence-electron chi connectivity index (χ2n) is 5.02. The minimum atomic E-state index is 0.199. The van der Waals surface area contributed by atoms with Crippen LogP contribution >= 0.6 is 0 Å². The number of fused-ring (bicyclic) bond motifs is 1. The molecule has 2 N–H and O–H groups in total. The average Bonchev–Trinajstić information content (AvgIpc) is 2.81. The van der Waals surface area contributed by atoms with Gasteiger partial charge in [0.1, 0.15) is 0 Å². The van der Waals surface area contributed by atoms with Crippen molar-refractivity contribution in [3.63, 3.8) is 0 Å². The average molecular weight is 270 g/mol. The summed E-state index contributed by atoms with van der Waals surface area (Å²) >= 11 is 0. The van der Waals surface area contributed by atoms with Crippen molar-refractivity contribution >= 4 is 11.8 Å². The van der Waals surface area contributed by atoms with Gasteiger partial charge in [-0.05, 0) is 44.0 Å². The molecule has 106 valence electrons. The molecule has 0 fully saturated rings. The number of aliphatic imine (C=N–C) groups is 2. The summed E-state index contributed by atoms with van der Waals surface area (Å²) in [5.41, 5.74) is 4.02. The number of hydrogen-bond acceptors (Lipinski definition) is 2. The van der Waals surface area contributed by atoms with Crippen LogP contribution < -0.4 is 10.6 Å². The number of aryl methyl sites for hydroxylation is 2. The molecule has 4 nitrogen and oxygen atoms in total. The second kappa shape index (κ2) is 6.37. The van der Waals surface area contributed by atoms with Crippen molar-refractivity contribution in [1.82, 2.24) is 10.6 Å². The molecule has 0 radical (unpaired) electrons. The van der Waals surface area contributed by atoms with E-state index in [1.165, 1.54) is 16.7 Å². The van der Waals surface area contributed by atoms with E-state index in [4.69, 9.17) is 4.99 Å². The predicted octanol–water partition coefficient (Wildman–Crippen LogP) is 2.71. The predicted molar refractivity (Wildman–Crippen MR) is 85.2 cm³/mol. The Kier molecular flexibility index (Phi) is 4.56. The highest BCUT2D eigenvalue weighted by Gasteiger charge is 2.22. The zero-order valence-electron chi connectivity index (χ0n) is 12.4. The largest absolute Gasteiger partial charge is 0.333 e. The Bertz CT molecular complexity index is 558. The third-order valence-electron chi connectivity index (χ3n) is 3.51. The molecule has 1 unspecified atom stereocenters. The van der Waals surface area contributed by atoms with Gasteiger partial charge in [0.05, 0.1) is 11.9 Å². The fourth-order valence-electron chi connectivity index (χ4n) is 2.42. The number of benzene rings is 1. The lowest BCUT2D eigenvalue weighted by Crippen LogP contribution is -2.37. The van der Waals surface area contributed by atoms with Crippen LogP contribution in [0.1, 0.15) is 36.1 Å².